The molecule has 1 aromatic carbocycles. The summed E-state index contributed by atoms with van der Waals surface area (Å²) in [5, 5.41) is -1.44. The van der Waals surface area contributed by atoms with Crippen molar-refractivity contribution in [2.24, 2.45) is 0 Å². The summed E-state index contributed by atoms with van der Waals surface area (Å²) in [4.78, 5) is 10.9. The van der Waals surface area contributed by atoms with E-state index in [1.54, 1.807) is 0 Å². The van der Waals surface area contributed by atoms with Crippen molar-refractivity contribution in [2.45, 2.75) is 12.8 Å². The van der Waals surface area contributed by atoms with Crippen LogP contribution in [0.15, 0.2) is 18.2 Å². The molecule has 0 heterocycles. The summed E-state index contributed by atoms with van der Waals surface area (Å²) in [5.41, 5.74) is -1.90. The first-order chi connectivity index (χ1) is 7.72. The summed E-state index contributed by atoms with van der Waals surface area (Å²) in [6.07, 6.45) is -8.23. The summed E-state index contributed by atoms with van der Waals surface area (Å²) >= 11 is 4.97. The Hall–Kier alpha value is -1.37. The van der Waals surface area contributed by atoms with Crippen molar-refractivity contribution in [3.8, 4) is 5.75 Å². The monoisotopic (exact) mass is 274 g/mol. The highest BCUT2D eigenvalue weighted by Crippen LogP contribution is 2.34. The maximum Gasteiger partial charge on any atom is 0.573 e. The molecule has 0 amide bonds. The van der Waals surface area contributed by atoms with Crippen LogP contribution in [-0.4, -0.2) is 11.6 Å². The zero-order valence-electron chi connectivity index (χ0n) is 7.89. The minimum Gasteiger partial charge on any atom is -0.405 e. The van der Waals surface area contributed by atoms with E-state index in [1.165, 1.54) is 0 Å². The van der Waals surface area contributed by atoms with Gasteiger partial charge in [0.15, 0.2) is 0 Å². The molecule has 0 aliphatic heterocycles. The van der Waals surface area contributed by atoms with E-state index in [0.29, 0.717) is 0 Å². The van der Waals surface area contributed by atoms with Gasteiger partial charge >= 0.3 is 6.36 Å². The SMILES string of the molecule is O=C(Cl)c1c(OC(F)(F)F)cccc1C(F)F. The Labute approximate surface area is 96.9 Å². The number of carbonyl (C=O) groups excluding carboxylic acids is 1. The van der Waals surface area contributed by atoms with Crippen LogP contribution in [0.5, 0.6) is 5.75 Å². The van der Waals surface area contributed by atoms with Gasteiger partial charge in [-0.2, -0.15) is 0 Å². The molecule has 1 rings (SSSR count). The van der Waals surface area contributed by atoms with Crippen LogP contribution < -0.4 is 4.74 Å². The van der Waals surface area contributed by atoms with Gasteiger partial charge < -0.3 is 4.74 Å². The Morgan fingerprint density at radius 2 is 1.88 bits per heavy atom. The van der Waals surface area contributed by atoms with Gasteiger partial charge in [-0.15, -0.1) is 13.2 Å². The number of ether oxygens (including phenoxy) is 1. The van der Waals surface area contributed by atoms with E-state index in [1.807, 2.05) is 0 Å². The summed E-state index contributed by atoms with van der Waals surface area (Å²) in [5.74, 6) is -1.05. The average Bonchev–Trinajstić information content (AvgIpc) is 2.14. The van der Waals surface area contributed by atoms with Crippen LogP contribution in [0, 0.1) is 0 Å². The quantitative estimate of drug-likeness (QED) is 0.617. The Balaban J connectivity index is 3.30. The number of halogens is 6. The summed E-state index contributed by atoms with van der Waals surface area (Å²) in [6, 6.07) is 2.43. The summed E-state index contributed by atoms with van der Waals surface area (Å²) in [7, 11) is 0. The van der Waals surface area contributed by atoms with Crippen molar-refractivity contribution in [1.29, 1.82) is 0 Å². The number of carbonyl (C=O) groups is 1. The predicted octanol–water partition coefficient (Wildman–Crippen LogP) is 3.90. The van der Waals surface area contributed by atoms with Crippen molar-refractivity contribution in [1.82, 2.24) is 0 Å². The number of hydrogen-bond donors (Lipinski definition) is 0. The maximum atomic E-state index is 12.5. The second-order valence-electron chi connectivity index (χ2n) is 2.84. The number of alkyl halides is 5. The highest BCUT2D eigenvalue weighted by atomic mass is 35.5. The molecule has 17 heavy (non-hydrogen) atoms. The molecule has 0 saturated heterocycles. The Morgan fingerprint density at radius 1 is 1.29 bits per heavy atom. The van der Waals surface area contributed by atoms with Crippen molar-refractivity contribution >= 4 is 16.8 Å². The lowest BCUT2D eigenvalue weighted by Crippen LogP contribution is -2.19. The van der Waals surface area contributed by atoms with Gasteiger partial charge in [-0.3, -0.25) is 4.79 Å². The topological polar surface area (TPSA) is 26.3 Å². The standard InChI is InChI=1S/C9H4ClF5O2/c10-7(16)6-4(8(11)12)2-1-3-5(6)17-9(13,14)15/h1-3,8H. The Bertz CT molecular complexity index is 430. The molecule has 0 bridgehead atoms. The first kappa shape index (κ1) is 13.7. The fourth-order valence-electron chi connectivity index (χ4n) is 1.15. The van der Waals surface area contributed by atoms with Crippen LogP contribution in [0.2, 0.25) is 0 Å². The summed E-state index contributed by atoms with van der Waals surface area (Å²) < 4.78 is 64.2. The fraction of sp³-hybridized carbons (Fsp3) is 0.222. The van der Waals surface area contributed by atoms with E-state index in [0.717, 1.165) is 18.2 Å². The van der Waals surface area contributed by atoms with E-state index < -0.39 is 34.9 Å². The number of hydrogen-bond acceptors (Lipinski definition) is 2. The van der Waals surface area contributed by atoms with Crippen LogP contribution >= 0.6 is 11.6 Å². The smallest absolute Gasteiger partial charge is 0.405 e. The molecule has 0 N–H and O–H groups in total. The molecule has 2 nitrogen and oxygen atoms in total. The molecule has 0 aliphatic rings. The van der Waals surface area contributed by atoms with E-state index in [9.17, 15) is 26.7 Å². The highest BCUT2D eigenvalue weighted by Gasteiger charge is 2.34. The molecule has 0 atom stereocenters. The zero-order valence-corrected chi connectivity index (χ0v) is 8.65. The Morgan fingerprint density at radius 3 is 2.29 bits per heavy atom. The molecule has 8 heteroatoms. The lowest BCUT2D eigenvalue weighted by molar-refractivity contribution is -0.274. The average molecular weight is 275 g/mol. The largest absolute Gasteiger partial charge is 0.573 e. The first-order valence-corrected chi connectivity index (χ1v) is 4.47. The predicted molar refractivity (Wildman–Crippen MR) is 48.3 cm³/mol. The van der Waals surface area contributed by atoms with Gasteiger partial charge in [0.05, 0.1) is 5.56 Å². The molecule has 0 aromatic heterocycles. The second-order valence-corrected chi connectivity index (χ2v) is 3.19. The third kappa shape index (κ3) is 3.55. The number of benzene rings is 1. The maximum absolute atomic E-state index is 12.5. The minimum atomic E-state index is -5.10. The third-order valence-electron chi connectivity index (χ3n) is 1.72. The number of rotatable bonds is 3. The Kier molecular flexibility index (Phi) is 3.92. The van der Waals surface area contributed by atoms with Crippen LogP contribution in [0.25, 0.3) is 0 Å². The van der Waals surface area contributed by atoms with Crippen molar-refractivity contribution in [3.63, 3.8) is 0 Å². The molecule has 0 aliphatic carbocycles. The molecule has 0 unspecified atom stereocenters. The van der Waals surface area contributed by atoms with Gasteiger partial charge in [0.1, 0.15) is 5.75 Å². The summed E-state index contributed by atoms with van der Waals surface area (Å²) in [6.45, 7) is 0. The van der Waals surface area contributed by atoms with Crippen molar-refractivity contribution in [2.75, 3.05) is 0 Å². The molecule has 0 saturated carbocycles. The molecular formula is C9H4ClF5O2. The van der Waals surface area contributed by atoms with E-state index in [4.69, 9.17) is 11.6 Å². The third-order valence-corrected chi connectivity index (χ3v) is 1.90. The van der Waals surface area contributed by atoms with E-state index in [2.05, 4.69) is 4.74 Å². The van der Waals surface area contributed by atoms with Crippen LogP contribution in [0.3, 0.4) is 0 Å². The molecule has 0 radical (unpaired) electrons. The molecule has 0 fully saturated rings. The van der Waals surface area contributed by atoms with Gasteiger partial charge in [0, 0.05) is 5.56 Å². The molecule has 94 valence electrons. The van der Waals surface area contributed by atoms with Gasteiger partial charge in [-0.25, -0.2) is 8.78 Å². The van der Waals surface area contributed by atoms with Crippen molar-refractivity contribution < 1.29 is 31.5 Å². The molecule has 1 aromatic rings. The van der Waals surface area contributed by atoms with Crippen LogP contribution in [0.1, 0.15) is 22.3 Å². The van der Waals surface area contributed by atoms with Crippen molar-refractivity contribution in [3.05, 3.63) is 29.3 Å². The second kappa shape index (κ2) is 4.87. The lowest BCUT2D eigenvalue weighted by atomic mass is 10.1. The normalized spacial score (nSPS) is 11.7. The van der Waals surface area contributed by atoms with Gasteiger partial charge in [0.2, 0.25) is 0 Å². The minimum absolute atomic E-state index is 0.731. The highest BCUT2D eigenvalue weighted by molar-refractivity contribution is 6.68. The van der Waals surface area contributed by atoms with E-state index >= 15 is 0 Å². The fourth-order valence-corrected chi connectivity index (χ4v) is 1.35. The van der Waals surface area contributed by atoms with E-state index in [-0.39, 0.29) is 0 Å². The van der Waals surface area contributed by atoms with Gasteiger partial charge in [-0.1, -0.05) is 12.1 Å². The molecular weight excluding hydrogens is 271 g/mol. The van der Waals surface area contributed by atoms with Crippen LogP contribution in [-0.2, 0) is 0 Å². The van der Waals surface area contributed by atoms with Crippen LogP contribution in [0.4, 0.5) is 22.0 Å². The lowest BCUT2D eigenvalue weighted by Gasteiger charge is -2.13. The zero-order chi connectivity index (χ0) is 13.2. The van der Waals surface area contributed by atoms with Gasteiger partial charge in [0.25, 0.3) is 11.7 Å². The van der Waals surface area contributed by atoms with Gasteiger partial charge in [-0.05, 0) is 17.7 Å². The molecule has 0 spiro atoms. The first-order valence-electron chi connectivity index (χ1n) is 4.09.